The quantitative estimate of drug-likeness (QED) is 0.396. The van der Waals surface area contributed by atoms with E-state index in [-0.39, 0.29) is 6.54 Å². The van der Waals surface area contributed by atoms with E-state index in [2.05, 4.69) is 15.4 Å². The Morgan fingerprint density at radius 1 is 0.925 bits per heavy atom. The van der Waals surface area contributed by atoms with Crippen molar-refractivity contribution >= 4 is 52.3 Å². The number of methoxy groups -OCH3 is 1. The lowest BCUT2D eigenvalue weighted by Gasteiger charge is -2.25. The molecule has 0 N–H and O–H groups in total. The third kappa shape index (κ3) is 4.59. The van der Waals surface area contributed by atoms with Crippen molar-refractivity contribution in [1.82, 2.24) is 10.0 Å². The molecule has 1 fully saturated rings. The van der Waals surface area contributed by atoms with Crippen LogP contribution in [0.25, 0.3) is 0 Å². The zero-order valence-corrected chi connectivity index (χ0v) is 22.7. The zero-order valence-electron chi connectivity index (χ0n) is 21.1. The number of hydrazone groups is 1. The molecule has 3 heterocycles. The number of carbonyl (C=O) groups excluding carboxylic acids is 3. The summed E-state index contributed by atoms with van der Waals surface area (Å²) in [6, 6.07) is 18.6. The van der Waals surface area contributed by atoms with E-state index in [1.165, 1.54) is 10.0 Å². The number of hydrogen-bond acceptors (Lipinski definition) is 8. The Kier molecular flexibility index (Phi) is 6.73. The molecule has 40 heavy (non-hydrogen) atoms. The Labute approximate surface area is 239 Å². The number of rotatable bonds is 6. The first kappa shape index (κ1) is 26.0. The zero-order chi connectivity index (χ0) is 28.0. The topological polar surface area (TPSA) is 107 Å². The number of carbonyl (C=O) groups is 3. The van der Waals surface area contributed by atoms with Gasteiger partial charge in [0, 0.05) is 16.5 Å². The monoisotopic (exact) mass is 576 g/mol. The number of imide groups is 1. The molecule has 12 heteroatoms. The first-order valence-corrected chi connectivity index (χ1v) is 13.2. The lowest BCUT2D eigenvalue weighted by molar-refractivity contribution is -0.135. The van der Waals surface area contributed by atoms with E-state index >= 15 is 0 Å². The maximum atomic E-state index is 13.7. The molecule has 0 aliphatic carbocycles. The molecule has 3 aliphatic heterocycles. The molecule has 3 amide bonds. The SMILES string of the molecule is COc1ccc([C@@H]2CC(c3ccc(Cl)cc3)=NN2C(=O)CN2N=N[C@@H]3C(=O)N(c4ccc(Cl)cc4)C(=O)[C@H]32)cc1. The van der Waals surface area contributed by atoms with E-state index in [1.54, 1.807) is 43.5 Å². The number of halogens is 2. The van der Waals surface area contributed by atoms with Crippen molar-refractivity contribution in [2.45, 2.75) is 24.5 Å². The van der Waals surface area contributed by atoms with Crippen LogP contribution in [0.4, 0.5) is 5.69 Å². The van der Waals surface area contributed by atoms with E-state index in [1.807, 2.05) is 36.4 Å². The third-order valence-corrected chi connectivity index (χ3v) is 7.59. The molecule has 3 aliphatic rings. The summed E-state index contributed by atoms with van der Waals surface area (Å²) in [6.07, 6.45) is 0.467. The largest absolute Gasteiger partial charge is 0.497 e. The molecule has 3 aromatic carbocycles. The van der Waals surface area contributed by atoms with Crippen molar-refractivity contribution in [3.8, 4) is 5.75 Å². The molecule has 3 atom stereocenters. The second-order valence-corrected chi connectivity index (χ2v) is 10.3. The molecule has 0 aromatic heterocycles. The summed E-state index contributed by atoms with van der Waals surface area (Å²) in [5.74, 6) is -0.712. The van der Waals surface area contributed by atoms with E-state index in [4.69, 9.17) is 27.9 Å². The van der Waals surface area contributed by atoms with Crippen molar-refractivity contribution in [2.24, 2.45) is 15.4 Å². The van der Waals surface area contributed by atoms with Crippen molar-refractivity contribution < 1.29 is 19.1 Å². The standard InChI is InChI=1S/C28H22Cl2N6O4/c1-40-21-12-4-17(5-13-21)23-14-22(16-2-6-18(29)7-3-16)32-36(23)24(37)15-34-26-25(31-33-34)27(38)35(28(26)39)20-10-8-19(30)9-11-20/h2-13,23,25-26H,14-15H2,1H3/t23-,25-,26-/m0/s1. The first-order chi connectivity index (χ1) is 19.3. The number of amides is 3. The lowest BCUT2D eigenvalue weighted by atomic mass is 9.98. The molecule has 0 unspecified atom stereocenters. The smallest absolute Gasteiger partial charge is 0.264 e. The number of benzene rings is 3. The summed E-state index contributed by atoms with van der Waals surface area (Å²) in [5, 5.41) is 16.5. The Morgan fingerprint density at radius 2 is 1.57 bits per heavy atom. The second-order valence-electron chi connectivity index (χ2n) is 9.47. The van der Waals surface area contributed by atoms with E-state index < -0.39 is 35.8 Å². The van der Waals surface area contributed by atoms with Crippen LogP contribution in [0.5, 0.6) is 5.75 Å². The molecule has 0 saturated carbocycles. The van der Waals surface area contributed by atoms with E-state index in [0.29, 0.717) is 33.6 Å². The average molecular weight is 577 g/mol. The van der Waals surface area contributed by atoms with Gasteiger partial charge in [0.05, 0.1) is 24.6 Å². The molecule has 3 aromatic rings. The number of anilines is 1. The van der Waals surface area contributed by atoms with E-state index in [9.17, 15) is 14.4 Å². The Balaban J connectivity index is 1.26. The molecule has 202 valence electrons. The Morgan fingerprint density at radius 3 is 2.23 bits per heavy atom. The van der Waals surface area contributed by atoms with Crippen molar-refractivity contribution in [3.05, 3.63) is 94.0 Å². The fourth-order valence-electron chi connectivity index (χ4n) is 5.05. The molecule has 1 saturated heterocycles. The van der Waals surface area contributed by atoms with Gasteiger partial charge in [-0.3, -0.25) is 19.4 Å². The molecular formula is C28H22Cl2N6O4. The Hall–Kier alpha value is -4.28. The van der Waals surface area contributed by atoms with Crippen LogP contribution in [0.2, 0.25) is 10.0 Å². The highest BCUT2D eigenvalue weighted by atomic mass is 35.5. The number of ether oxygens (including phenoxy) is 1. The molecule has 6 rings (SSSR count). The van der Waals surface area contributed by atoms with Gasteiger partial charge >= 0.3 is 0 Å². The van der Waals surface area contributed by atoms with Crippen LogP contribution in [0, 0.1) is 0 Å². The van der Waals surface area contributed by atoms with Crippen LogP contribution in [-0.4, -0.2) is 59.2 Å². The van der Waals surface area contributed by atoms with Gasteiger partial charge in [0.1, 0.15) is 12.3 Å². The fourth-order valence-corrected chi connectivity index (χ4v) is 5.30. The highest BCUT2D eigenvalue weighted by molar-refractivity contribution is 6.31. The van der Waals surface area contributed by atoms with Crippen LogP contribution in [0.1, 0.15) is 23.6 Å². The highest BCUT2D eigenvalue weighted by Gasteiger charge is 2.55. The summed E-state index contributed by atoms with van der Waals surface area (Å²) in [5.41, 5.74) is 2.80. The van der Waals surface area contributed by atoms with E-state index in [0.717, 1.165) is 16.0 Å². The van der Waals surface area contributed by atoms with Gasteiger partial charge in [-0.05, 0) is 59.7 Å². The number of fused-ring (bicyclic) bond motifs is 1. The maximum absolute atomic E-state index is 13.7. The van der Waals surface area contributed by atoms with Gasteiger partial charge < -0.3 is 4.74 Å². The van der Waals surface area contributed by atoms with Gasteiger partial charge in [-0.1, -0.05) is 52.7 Å². The van der Waals surface area contributed by atoms with Crippen molar-refractivity contribution in [1.29, 1.82) is 0 Å². The second kappa shape index (κ2) is 10.4. The minimum atomic E-state index is -1.03. The van der Waals surface area contributed by atoms with Crippen molar-refractivity contribution in [2.75, 3.05) is 18.6 Å². The van der Waals surface area contributed by atoms with Gasteiger partial charge in [0.2, 0.25) is 0 Å². The Bertz CT molecular complexity index is 1540. The minimum Gasteiger partial charge on any atom is -0.497 e. The normalized spacial score (nSPS) is 21.7. The molecule has 0 spiro atoms. The predicted octanol–water partition coefficient (Wildman–Crippen LogP) is 4.67. The van der Waals surface area contributed by atoms with Gasteiger partial charge in [-0.25, -0.2) is 9.91 Å². The van der Waals surface area contributed by atoms with Gasteiger partial charge in [-0.15, -0.1) is 0 Å². The van der Waals surface area contributed by atoms with Crippen LogP contribution in [0.15, 0.2) is 88.2 Å². The van der Waals surface area contributed by atoms with Crippen LogP contribution < -0.4 is 9.64 Å². The molecular weight excluding hydrogens is 555 g/mol. The van der Waals surface area contributed by atoms with Gasteiger partial charge in [0.15, 0.2) is 12.1 Å². The van der Waals surface area contributed by atoms with Crippen LogP contribution in [-0.2, 0) is 14.4 Å². The van der Waals surface area contributed by atoms with Crippen molar-refractivity contribution in [3.63, 3.8) is 0 Å². The van der Waals surface area contributed by atoms with Gasteiger partial charge in [-0.2, -0.15) is 10.2 Å². The summed E-state index contributed by atoms with van der Waals surface area (Å²) in [7, 11) is 1.59. The fraction of sp³-hybridized carbons (Fsp3) is 0.214. The number of nitrogens with zero attached hydrogens (tertiary/aromatic N) is 6. The molecule has 0 bridgehead atoms. The molecule has 0 radical (unpaired) electrons. The average Bonchev–Trinajstić information content (AvgIpc) is 3.65. The lowest BCUT2D eigenvalue weighted by Crippen LogP contribution is -2.44. The molecule has 10 nitrogen and oxygen atoms in total. The summed E-state index contributed by atoms with van der Waals surface area (Å²) in [4.78, 5) is 41.2. The van der Waals surface area contributed by atoms with Crippen LogP contribution in [0.3, 0.4) is 0 Å². The maximum Gasteiger partial charge on any atom is 0.264 e. The predicted molar refractivity (Wildman–Crippen MR) is 148 cm³/mol. The van der Waals surface area contributed by atoms with Gasteiger partial charge in [0.25, 0.3) is 17.7 Å². The third-order valence-electron chi connectivity index (χ3n) is 7.08. The highest BCUT2D eigenvalue weighted by Crippen LogP contribution is 2.36. The minimum absolute atomic E-state index is 0.289. The van der Waals surface area contributed by atoms with Crippen LogP contribution >= 0.6 is 23.2 Å². The summed E-state index contributed by atoms with van der Waals surface area (Å²) >= 11 is 12.0. The summed E-state index contributed by atoms with van der Waals surface area (Å²) < 4.78 is 5.28. The first-order valence-electron chi connectivity index (χ1n) is 12.4. The summed E-state index contributed by atoms with van der Waals surface area (Å²) in [6.45, 7) is -0.289. The number of hydrogen-bond donors (Lipinski definition) is 0.